The first-order valence-corrected chi connectivity index (χ1v) is 7.24. The number of carboxylic acid groups (broad SMARTS) is 1. The molecule has 5 nitrogen and oxygen atoms in total. The maximum Gasteiger partial charge on any atom is 0.323 e. The molecule has 0 spiro atoms. The number of carbonyl (C=O) groups excluding carboxylic acids is 1. The van der Waals surface area contributed by atoms with Gasteiger partial charge in [0.05, 0.1) is 6.10 Å². The lowest BCUT2D eigenvalue weighted by atomic mass is 10.2. The monoisotopic (exact) mass is 311 g/mol. The van der Waals surface area contributed by atoms with E-state index in [2.05, 4.69) is 0 Å². The molecule has 0 aliphatic rings. The summed E-state index contributed by atoms with van der Waals surface area (Å²) in [6.45, 7) is 4.05. The van der Waals surface area contributed by atoms with Gasteiger partial charge in [-0.25, -0.2) is 4.39 Å². The highest BCUT2D eigenvalue weighted by atomic mass is 19.1. The van der Waals surface area contributed by atoms with Crippen LogP contribution >= 0.6 is 0 Å². The highest BCUT2D eigenvalue weighted by molar-refractivity contribution is 5.81. The Morgan fingerprint density at radius 3 is 2.45 bits per heavy atom. The molecule has 0 radical (unpaired) electrons. The fourth-order valence-corrected chi connectivity index (χ4v) is 1.91. The van der Waals surface area contributed by atoms with Crippen molar-refractivity contribution in [3.05, 3.63) is 35.6 Å². The van der Waals surface area contributed by atoms with E-state index < -0.39 is 5.97 Å². The van der Waals surface area contributed by atoms with Gasteiger partial charge in [-0.3, -0.25) is 9.59 Å². The van der Waals surface area contributed by atoms with Crippen LogP contribution in [-0.4, -0.2) is 41.1 Å². The first-order valence-electron chi connectivity index (χ1n) is 7.24. The summed E-state index contributed by atoms with van der Waals surface area (Å²) < 4.78 is 18.2. The summed E-state index contributed by atoms with van der Waals surface area (Å²) in [6, 6.07) is 5.66. The summed E-state index contributed by atoms with van der Waals surface area (Å²) in [5.74, 6) is -1.70. The van der Waals surface area contributed by atoms with Crippen molar-refractivity contribution in [2.24, 2.45) is 0 Å². The van der Waals surface area contributed by atoms with E-state index in [-0.39, 0.29) is 37.3 Å². The van der Waals surface area contributed by atoms with E-state index in [1.165, 1.54) is 17.0 Å². The van der Waals surface area contributed by atoms with Gasteiger partial charge < -0.3 is 14.7 Å². The summed E-state index contributed by atoms with van der Waals surface area (Å²) in [6.07, 6.45) is 0.863. The van der Waals surface area contributed by atoms with Crippen molar-refractivity contribution in [2.75, 3.05) is 13.2 Å². The molecule has 0 aliphatic carbocycles. The number of amides is 1. The van der Waals surface area contributed by atoms with Crippen molar-refractivity contribution in [2.45, 2.75) is 39.3 Å². The quantitative estimate of drug-likeness (QED) is 0.711. The standard InChI is InChI=1S/C16H22FNO4/c1-12(2)22-9-3-4-15(19)18(11-16(20)21)10-13-5-7-14(17)8-6-13/h5-8,12H,3-4,9-11H2,1-2H3,(H,20,21). The Morgan fingerprint density at radius 1 is 1.27 bits per heavy atom. The number of hydrogen-bond donors (Lipinski definition) is 1. The Bertz CT molecular complexity index is 487. The number of aliphatic carboxylic acids is 1. The number of benzene rings is 1. The lowest BCUT2D eigenvalue weighted by Gasteiger charge is -2.21. The molecule has 1 aromatic carbocycles. The molecule has 0 saturated heterocycles. The predicted octanol–water partition coefficient (Wildman–Crippen LogP) is 2.44. The molecule has 0 fully saturated rings. The Morgan fingerprint density at radius 2 is 1.91 bits per heavy atom. The fourth-order valence-electron chi connectivity index (χ4n) is 1.91. The zero-order chi connectivity index (χ0) is 16.5. The van der Waals surface area contributed by atoms with Crippen LogP contribution in [0, 0.1) is 5.82 Å². The van der Waals surface area contributed by atoms with Crippen LogP contribution < -0.4 is 0 Å². The van der Waals surface area contributed by atoms with E-state index in [0.717, 1.165) is 0 Å². The third-order valence-corrected chi connectivity index (χ3v) is 2.95. The van der Waals surface area contributed by atoms with E-state index in [1.807, 2.05) is 13.8 Å². The van der Waals surface area contributed by atoms with Crippen LogP contribution in [0.15, 0.2) is 24.3 Å². The Labute approximate surface area is 129 Å². The summed E-state index contributed by atoms with van der Waals surface area (Å²) in [4.78, 5) is 24.3. The number of rotatable bonds is 9. The first-order chi connectivity index (χ1) is 10.4. The fraction of sp³-hybridized carbons (Fsp3) is 0.500. The molecule has 1 rings (SSSR count). The average Bonchev–Trinajstić information content (AvgIpc) is 2.44. The van der Waals surface area contributed by atoms with Gasteiger partial charge in [-0.05, 0) is 38.0 Å². The molecule has 0 bridgehead atoms. The largest absolute Gasteiger partial charge is 0.480 e. The van der Waals surface area contributed by atoms with Crippen molar-refractivity contribution in [3.63, 3.8) is 0 Å². The summed E-state index contributed by atoms with van der Waals surface area (Å²) >= 11 is 0. The van der Waals surface area contributed by atoms with Gasteiger partial charge in [0.15, 0.2) is 0 Å². The van der Waals surface area contributed by atoms with Gasteiger partial charge in [-0.15, -0.1) is 0 Å². The predicted molar refractivity (Wildman–Crippen MR) is 79.8 cm³/mol. The minimum absolute atomic E-state index is 0.101. The van der Waals surface area contributed by atoms with Crippen molar-refractivity contribution in [1.29, 1.82) is 0 Å². The van der Waals surface area contributed by atoms with E-state index in [0.29, 0.717) is 18.6 Å². The van der Waals surface area contributed by atoms with E-state index in [4.69, 9.17) is 9.84 Å². The molecular formula is C16H22FNO4. The van der Waals surface area contributed by atoms with Crippen LogP contribution in [-0.2, 0) is 20.9 Å². The second-order valence-electron chi connectivity index (χ2n) is 5.29. The molecule has 0 saturated carbocycles. The molecule has 0 heterocycles. The van der Waals surface area contributed by atoms with Crippen molar-refractivity contribution >= 4 is 11.9 Å². The number of ether oxygens (including phenoxy) is 1. The van der Waals surface area contributed by atoms with E-state index in [9.17, 15) is 14.0 Å². The smallest absolute Gasteiger partial charge is 0.323 e. The maximum atomic E-state index is 12.9. The van der Waals surface area contributed by atoms with Crippen LogP contribution in [0.1, 0.15) is 32.3 Å². The zero-order valence-corrected chi connectivity index (χ0v) is 12.9. The highest BCUT2D eigenvalue weighted by Gasteiger charge is 2.17. The normalized spacial score (nSPS) is 10.7. The van der Waals surface area contributed by atoms with Crippen LogP contribution in [0.5, 0.6) is 0 Å². The maximum absolute atomic E-state index is 12.9. The van der Waals surface area contributed by atoms with E-state index in [1.54, 1.807) is 12.1 Å². The Balaban J connectivity index is 2.57. The zero-order valence-electron chi connectivity index (χ0n) is 12.9. The number of hydrogen-bond acceptors (Lipinski definition) is 3. The Hall–Kier alpha value is -1.95. The van der Waals surface area contributed by atoms with Gasteiger partial charge in [-0.2, -0.15) is 0 Å². The molecule has 22 heavy (non-hydrogen) atoms. The molecule has 0 aliphatic heterocycles. The summed E-state index contributed by atoms with van der Waals surface area (Å²) in [5, 5.41) is 8.92. The molecule has 0 unspecified atom stereocenters. The van der Waals surface area contributed by atoms with Crippen LogP contribution in [0.25, 0.3) is 0 Å². The highest BCUT2D eigenvalue weighted by Crippen LogP contribution is 2.09. The minimum atomic E-state index is -1.08. The van der Waals surface area contributed by atoms with Gasteiger partial charge in [-0.1, -0.05) is 12.1 Å². The van der Waals surface area contributed by atoms with Crippen LogP contribution in [0.4, 0.5) is 4.39 Å². The first kappa shape index (κ1) is 18.1. The van der Waals surface area contributed by atoms with Crippen molar-refractivity contribution in [1.82, 2.24) is 4.90 Å². The molecule has 0 atom stereocenters. The SMILES string of the molecule is CC(C)OCCCC(=O)N(CC(=O)O)Cc1ccc(F)cc1. The molecular weight excluding hydrogens is 289 g/mol. The Kier molecular flexibility index (Phi) is 7.52. The summed E-state index contributed by atoms with van der Waals surface area (Å²) in [7, 11) is 0. The average molecular weight is 311 g/mol. The summed E-state index contributed by atoms with van der Waals surface area (Å²) in [5.41, 5.74) is 0.689. The number of halogens is 1. The van der Waals surface area contributed by atoms with Gasteiger partial charge >= 0.3 is 5.97 Å². The second kappa shape index (κ2) is 9.15. The minimum Gasteiger partial charge on any atom is -0.480 e. The number of nitrogens with zero attached hydrogens (tertiary/aromatic N) is 1. The third kappa shape index (κ3) is 7.17. The van der Waals surface area contributed by atoms with Crippen molar-refractivity contribution < 1.29 is 23.8 Å². The van der Waals surface area contributed by atoms with Gasteiger partial charge in [0.1, 0.15) is 12.4 Å². The van der Waals surface area contributed by atoms with Crippen LogP contribution in [0.3, 0.4) is 0 Å². The lowest BCUT2D eigenvalue weighted by Crippen LogP contribution is -2.35. The lowest BCUT2D eigenvalue weighted by molar-refractivity contribution is -0.145. The molecule has 1 N–H and O–H groups in total. The number of carboxylic acids is 1. The van der Waals surface area contributed by atoms with Gasteiger partial charge in [0.25, 0.3) is 0 Å². The molecule has 1 amide bonds. The van der Waals surface area contributed by atoms with Gasteiger partial charge in [0.2, 0.25) is 5.91 Å². The second-order valence-corrected chi connectivity index (χ2v) is 5.29. The molecule has 6 heteroatoms. The molecule has 1 aromatic rings. The topological polar surface area (TPSA) is 66.8 Å². The molecule has 0 aromatic heterocycles. The van der Waals surface area contributed by atoms with E-state index >= 15 is 0 Å². The third-order valence-electron chi connectivity index (χ3n) is 2.95. The number of carbonyl (C=O) groups is 2. The van der Waals surface area contributed by atoms with Crippen molar-refractivity contribution in [3.8, 4) is 0 Å². The van der Waals surface area contributed by atoms with Crippen LogP contribution in [0.2, 0.25) is 0 Å². The van der Waals surface area contributed by atoms with Gasteiger partial charge in [0, 0.05) is 19.6 Å². The molecule has 122 valence electrons.